The average Bonchev–Trinajstić information content (AvgIpc) is 3.06. The Balaban J connectivity index is 1.96. The van der Waals surface area contributed by atoms with Crippen molar-refractivity contribution in [2.24, 2.45) is 0 Å². The molecule has 0 saturated carbocycles. The summed E-state index contributed by atoms with van der Waals surface area (Å²) in [6, 6.07) is 1.75. The smallest absolute Gasteiger partial charge is 0.246 e. The van der Waals surface area contributed by atoms with Crippen molar-refractivity contribution in [2.75, 3.05) is 13.7 Å². The van der Waals surface area contributed by atoms with E-state index in [4.69, 9.17) is 13.8 Å². The van der Waals surface area contributed by atoms with Gasteiger partial charge in [0.1, 0.15) is 12.4 Å². The lowest BCUT2D eigenvalue weighted by Gasteiger charge is -2.17. The molecule has 0 atom stereocenters. The molecule has 0 saturated heterocycles. The molecule has 2 heterocycles. The maximum atomic E-state index is 12.2. The maximum absolute atomic E-state index is 12.2. The fourth-order valence-electron chi connectivity index (χ4n) is 1.84. The minimum atomic E-state index is -0.0832. The van der Waals surface area contributed by atoms with Gasteiger partial charge in [-0.3, -0.25) is 4.79 Å². The van der Waals surface area contributed by atoms with E-state index in [-0.39, 0.29) is 25.5 Å². The Hall–Kier alpha value is -2.22. The van der Waals surface area contributed by atoms with Gasteiger partial charge in [0.25, 0.3) is 0 Å². The fourth-order valence-corrected chi connectivity index (χ4v) is 1.84. The molecule has 2 aromatic rings. The van der Waals surface area contributed by atoms with Crippen LogP contribution in [-0.4, -0.2) is 39.8 Å². The molecular formula is C13H18N4O4. The van der Waals surface area contributed by atoms with Gasteiger partial charge >= 0.3 is 0 Å². The molecule has 0 N–H and O–H groups in total. The number of carbonyl (C=O) groups is 1. The number of likely N-dealkylation sites (N-methyl/N-ethyl adjacent to an activating group) is 1. The summed E-state index contributed by atoms with van der Waals surface area (Å²) in [5.41, 5.74) is 0.752. The third kappa shape index (κ3) is 4.12. The first-order chi connectivity index (χ1) is 10.1. The molecule has 0 aliphatic carbocycles. The molecule has 21 heavy (non-hydrogen) atoms. The number of carbonyl (C=O) groups excluding carboxylic acids is 1. The molecular weight excluding hydrogens is 276 g/mol. The van der Waals surface area contributed by atoms with Gasteiger partial charge in [0.05, 0.1) is 18.7 Å². The van der Waals surface area contributed by atoms with Crippen molar-refractivity contribution in [1.82, 2.24) is 20.2 Å². The van der Waals surface area contributed by atoms with E-state index in [1.807, 2.05) is 13.8 Å². The second-order valence-electron chi connectivity index (χ2n) is 4.56. The van der Waals surface area contributed by atoms with E-state index in [0.29, 0.717) is 24.0 Å². The van der Waals surface area contributed by atoms with Gasteiger partial charge in [-0.05, 0) is 13.8 Å². The highest BCUT2D eigenvalue weighted by Gasteiger charge is 2.18. The third-order valence-electron chi connectivity index (χ3n) is 2.85. The summed E-state index contributed by atoms with van der Waals surface area (Å²) in [6.07, 6.45) is 0.160. The predicted molar refractivity (Wildman–Crippen MR) is 71.0 cm³/mol. The normalized spacial score (nSPS) is 10.8. The van der Waals surface area contributed by atoms with Crippen LogP contribution in [0.2, 0.25) is 0 Å². The highest BCUT2D eigenvalue weighted by molar-refractivity contribution is 5.78. The minimum absolute atomic E-state index is 0.0832. The van der Waals surface area contributed by atoms with Crippen LogP contribution in [0.4, 0.5) is 0 Å². The second kappa shape index (κ2) is 6.98. The zero-order valence-corrected chi connectivity index (χ0v) is 12.3. The molecule has 0 aliphatic rings. The quantitative estimate of drug-likeness (QED) is 0.754. The maximum Gasteiger partial charge on any atom is 0.246 e. The molecule has 8 heteroatoms. The highest BCUT2D eigenvalue weighted by Crippen LogP contribution is 2.08. The van der Waals surface area contributed by atoms with Crippen molar-refractivity contribution in [1.29, 1.82) is 0 Å². The Bertz CT molecular complexity index is 593. The van der Waals surface area contributed by atoms with Gasteiger partial charge in [-0.25, -0.2) is 0 Å². The number of rotatable bonds is 7. The van der Waals surface area contributed by atoms with Gasteiger partial charge < -0.3 is 18.7 Å². The molecule has 0 unspecified atom stereocenters. The number of amides is 1. The Morgan fingerprint density at radius 3 is 2.81 bits per heavy atom. The van der Waals surface area contributed by atoms with Gasteiger partial charge in [0.15, 0.2) is 5.82 Å². The number of aromatic nitrogens is 3. The van der Waals surface area contributed by atoms with E-state index in [2.05, 4.69) is 15.3 Å². The Labute approximate surface area is 122 Å². The number of nitrogens with zero attached hydrogens (tertiary/aromatic N) is 4. The SMILES string of the molecule is CCN(Cc1nc(COC)no1)C(=O)Cc1cc(C)no1. The topological polar surface area (TPSA) is 94.5 Å². The van der Waals surface area contributed by atoms with Crippen LogP contribution in [0.15, 0.2) is 15.1 Å². The van der Waals surface area contributed by atoms with E-state index in [9.17, 15) is 4.79 Å². The molecule has 0 spiro atoms. The average molecular weight is 294 g/mol. The fraction of sp³-hybridized carbons (Fsp3) is 0.538. The monoisotopic (exact) mass is 294 g/mol. The largest absolute Gasteiger partial charge is 0.377 e. The predicted octanol–water partition coefficient (Wildman–Crippen LogP) is 1.10. The van der Waals surface area contributed by atoms with Gasteiger partial charge in [-0.2, -0.15) is 4.98 Å². The Morgan fingerprint density at radius 2 is 2.19 bits per heavy atom. The lowest BCUT2D eigenvalue weighted by Crippen LogP contribution is -2.31. The number of methoxy groups -OCH3 is 1. The van der Waals surface area contributed by atoms with Crippen molar-refractivity contribution in [3.05, 3.63) is 29.2 Å². The molecule has 0 fully saturated rings. The van der Waals surface area contributed by atoms with E-state index >= 15 is 0 Å². The molecule has 0 bridgehead atoms. The van der Waals surface area contributed by atoms with Crippen LogP contribution in [0.25, 0.3) is 0 Å². The zero-order chi connectivity index (χ0) is 15.2. The number of ether oxygens (including phenoxy) is 1. The van der Waals surface area contributed by atoms with Gasteiger partial charge in [0.2, 0.25) is 11.8 Å². The molecule has 2 aromatic heterocycles. The van der Waals surface area contributed by atoms with E-state index in [0.717, 1.165) is 5.69 Å². The van der Waals surface area contributed by atoms with Crippen LogP contribution in [-0.2, 0) is 29.1 Å². The van der Waals surface area contributed by atoms with Crippen molar-refractivity contribution in [3.8, 4) is 0 Å². The first-order valence-corrected chi connectivity index (χ1v) is 6.62. The van der Waals surface area contributed by atoms with Crippen LogP contribution in [0.5, 0.6) is 0 Å². The summed E-state index contributed by atoms with van der Waals surface area (Å²) in [4.78, 5) is 18.0. The second-order valence-corrected chi connectivity index (χ2v) is 4.56. The Morgan fingerprint density at radius 1 is 1.38 bits per heavy atom. The van der Waals surface area contributed by atoms with Crippen LogP contribution < -0.4 is 0 Å². The first-order valence-electron chi connectivity index (χ1n) is 6.62. The van der Waals surface area contributed by atoms with Gasteiger partial charge in [-0.1, -0.05) is 10.3 Å². The summed E-state index contributed by atoms with van der Waals surface area (Å²) < 4.78 is 15.1. The molecule has 2 rings (SSSR count). The van der Waals surface area contributed by atoms with Crippen LogP contribution >= 0.6 is 0 Å². The van der Waals surface area contributed by atoms with Crippen molar-refractivity contribution < 1.29 is 18.6 Å². The zero-order valence-electron chi connectivity index (χ0n) is 12.3. The molecule has 1 amide bonds. The molecule has 0 aliphatic heterocycles. The first kappa shape index (κ1) is 15.2. The number of hydrogen-bond acceptors (Lipinski definition) is 7. The van der Waals surface area contributed by atoms with Crippen LogP contribution in [0.3, 0.4) is 0 Å². The number of hydrogen-bond donors (Lipinski definition) is 0. The summed E-state index contributed by atoms with van der Waals surface area (Å²) in [5.74, 6) is 1.30. The van der Waals surface area contributed by atoms with Crippen molar-refractivity contribution in [3.63, 3.8) is 0 Å². The molecule has 0 radical (unpaired) electrons. The van der Waals surface area contributed by atoms with Crippen LogP contribution in [0, 0.1) is 6.92 Å². The molecule has 8 nitrogen and oxygen atoms in total. The third-order valence-corrected chi connectivity index (χ3v) is 2.85. The summed E-state index contributed by atoms with van der Waals surface area (Å²) in [5, 5.41) is 7.52. The summed E-state index contributed by atoms with van der Waals surface area (Å²) in [6.45, 7) is 4.77. The minimum Gasteiger partial charge on any atom is -0.377 e. The lowest BCUT2D eigenvalue weighted by molar-refractivity contribution is -0.131. The lowest BCUT2D eigenvalue weighted by atomic mass is 10.2. The molecule has 114 valence electrons. The molecule has 0 aromatic carbocycles. The summed E-state index contributed by atoms with van der Waals surface area (Å²) >= 11 is 0. The van der Waals surface area contributed by atoms with Crippen molar-refractivity contribution >= 4 is 5.91 Å². The van der Waals surface area contributed by atoms with E-state index in [1.165, 1.54) is 0 Å². The van der Waals surface area contributed by atoms with Gasteiger partial charge in [-0.15, -0.1) is 0 Å². The Kier molecular flexibility index (Phi) is 5.04. The van der Waals surface area contributed by atoms with Crippen molar-refractivity contribution in [2.45, 2.75) is 33.4 Å². The highest BCUT2D eigenvalue weighted by atomic mass is 16.5. The van der Waals surface area contributed by atoms with Crippen LogP contribution in [0.1, 0.15) is 30.1 Å². The standard InChI is InChI=1S/C13H18N4O4/c1-4-17(7-12-14-11(8-19-3)16-21-12)13(18)6-10-5-9(2)15-20-10/h5H,4,6-8H2,1-3H3. The summed E-state index contributed by atoms with van der Waals surface area (Å²) in [7, 11) is 1.55. The van der Waals surface area contributed by atoms with Gasteiger partial charge in [0, 0.05) is 19.7 Å². The van der Waals surface area contributed by atoms with E-state index < -0.39 is 0 Å². The number of aryl methyl sites for hydroxylation is 1. The van der Waals surface area contributed by atoms with E-state index in [1.54, 1.807) is 18.1 Å².